The van der Waals surface area contributed by atoms with E-state index < -0.39 is 0 Å². The first kappa shape index (κ1) is 11.3. The second-order valence-corrected chi connectivity index (χ2v) is 3.22. The molecular weight excluding hydrogens is 192 g/mol. The number of aromatic hydroxyl groups is 1. The van der Waals surface area contributed by atoms with Gasteiger partial charge in [0.05, 0.1) is 13.5 Å². The SMILES string of the molecule is C=C[C@H](CC(=O)OC)c1cccc(O)c1. The Morgan fingerprint density at radius 3 is 2.93 bits per heavy atom. The topological polar surface area (TPSA) is 46.5 Å². The van der Waals surface area contributed by atoms with Gasteiger partial charge in [-0.15, -0.1) is 6.58 Å². The number of hydrogen-bond donors (Lipinski definition) is 1. The van der Waals surface area contributed by atoms with Crippen LogP contribution in [0, 0.1) is 0 Å². The Morgan fingerprint density at radius 1 is 1.67 bits per heavy atom. The molecule has 0 aromatic heterocycles. The van der Waals surface area contributed by atoms with Crippen molar-refractivity contribution in [2.75, 3.05) is 7.11 Å². The second kappa shape index (κ2) is 5.20. The number of esters is 1. The summed E-state index contributed by atoms with van der Waals surface area (Å²) < 4.78 is 4.59. The summed E-state index contributed by atoms with van der Waals surface area (Å²) in [5, 5.41) is 9.30. The van der Waals surface area contributed by atoms with Crippen LogP contribution in [0.4, 0.5) is 0 Å². The molecule has 0 bridgehead atoms. The summed E-state index contributed by atoms with van der Waals surface area (Å²) in [7, 11) is 1.35. The van der Waals surface area contributed by atoms with Crippen LogP contribution < -0.4 is 0 Å². The zero-order valence-electron chi connectivity index (χ0n) is 8.64. The van der Waals surface area contributed by atoms with Gasteiger partial charge in [-0.2, -0.15) is 0 Å². The molecule has 0 unspecified atom stereocenters. The molecule has 1 aromatic rings. The van der Waals surface area contributed by atoms with Gasteiger partial charge in [0.15, 0.2) is 0 Å². The van der Waals surface area contributed by atoms with E-state index in [9.17, 15) is 9.90 Å². The van der Waals surface area contributed by atoms with E-state index >= 15 is 0 Å². The van der Waals surface area contributed by atoms with E-state index in [-0.39, 0.29) is 24.1 Å². The molecule has 3 nitrogen and oxygen atoms in total. The van der Waals surface area contributed by atoms with E-state index in [0.29, 0.717) is 0 Å². The number of methoxy groups -OCH3 is 1. The lowest BCUT2D eigenvalue weighted by Gasteiger charge is -2.11. The van der Waals surface area contributed by atoms with E-state index in [2.05, 4.69) is 11.3 Å². The number of phenolic OH excluding ortho intramolecular Hbond substituents is 1. The van der Waals surface area contributed by atoms with Crippen LogP contribution in [0.5, 0.6) is 5.75 Å². The fraction of sp³-hybridized carbons (Fsp3) is 0.250. The van der Waals surface area contributed by atoms with Crippen LogP contribution in [-0.2, 0) is 9.53 Å². The molecule has 80 valence electrons. The zero-order chi connectivity index (χ0) is 11.3. The van der Waals surface area contributed by atoms with Crippen LogP contribution in [0.1, 0.15) is 17.9 Å². The van der Waals surface area contributed by atoms with Crippen LogP contribution in [0.2, 0.25) is 0 Å². The molecular formula is C12H14O3. The van der Waals surface area contributed by atoms with Crippen molar-refractivity contribution < 1.29 is 14.6 Å². The van der Waals surface area contributed by atoms with Crippen molar-refractivity contribution in [1.29, 1.82) is 0 Å². The maximum absolute atomic E-state index is 11.1. The van der Waals surface area contributed by atoms with Gasteiger partial charge in [0, 0.05) is 5.92 Å². The highest BCUT2D eigenvalue weighted by Crippen LogP contribution is 2.24. The van der Waals surface area contributed by atoms with Crippen LogP contribution in [0.3, 0.4) is 0 Å². The van der Waals surface area contributed by atoms with Gasteiger partial charge in [0.25, 0.3) is 0 Å². The van der Waals surface area contributed by atoms with Crippen molar-refractivity contribution in [2.24, 2.45) is 0 Å². The minimum atomic E-state index is -0.289. The molecule has 0 aliphatic carbocycles. The largest absolute Gasteiger partial charge is 0.508 e. The maximum atomic E-state index is 11.1. The van der Waals surface area contributed by atoms with Gasteiger partial charge in [-0.1, -0.05) is 18.2 Å². The normalized spacial score (nSPS) is 11.8. The molecule has 0 radical (unpaired) electrons. The first-order valence-electron chi connectivity index (χ1n) is 4.65. The van der Waals surface area contributed by atoms with Crippen molar-refractivity contribution in [3.63, 3.8) is 0 Å². The van der Waals surface area contributed by atoms with Crippen LogP contribution >= 0.6 is 0 Å². The summed E-state index contributed by atoms with van der Waals surface area (Å²) in [5.74, 6) is -0.225. The number of hydrogen-bond acceptors (Lipinski definition) is 3. The molecule has 0 heterocycles. The molecule has 0 saturated heterocycles. The smallest absolute Gasteiger partial charge is 0.306 e. The highest BCUT2D eigenvalue weighted by molar-refractivity contribution is 5.70. The molecule has 1 aromatic carbocycles. The Morgan fingerprint density at radius 2 is 2.40 bits per heavy atom. The average Bonchev–Trinajstić information content (AvgIpc) is 2.25. The predicted octanol–water partition coefficient (Wildman–Crippen LogP) is 2.22. The average molecular weight is 206 g/mol. The monoisotopic (exact) mass is 206 g/mol. The van der Waals surface area contributed by atoms with Crippen molar-refractivity contribution in [1.82, 2.24) is 0 Å². The van der Waals surface area contributed by atoms with E-state index in [0.717, 1.165) is 5.56 Å². The summed E-state index contributed by atoms with van der Waals surface area (Å²) in [6, 6.07) is 6.78. The Kier molecular flexibility index (Phi) is 3.92. The quantitative estimate of drug-likeness (QED) is 0.607. The fourth-order valence-corrected chi connectivity index (χ4v) is 1.36. The Bertz CT molecular complexity index is 358. The summed E-state index contributed by atoms with van der Waals surface area (Å²) in [5.41, 5.74) is 0.857. The fourth-order valence-electron chi connectivity index (χ4n) is 1.36. The molecule has 0 aliphatic heterocycles. The molecule has 0 fully saturated rings. The third kappa shape index (κ3) is 3.13. The lowest BCUT2D eigenvalue weighted by Crippen LogP contribution is -2.06. The number of carbonyl (C=O) groups excluding carboxylic acids is 1. The summed E-state index contributed by atoms with van der Waals surface area (Å²) in [6.45, 7) is 3.67. The molecule has 0 aliphatic rings. The Balaban J connectivity index is 2.83. The summed E-state index contributed by atoms with van der Waals surface area (Å²) >= 11 is 0. The number of benzene rings is 1. The number of phenols is 1. The summed E-state index contributed by atoms with van der Waals surface area (Å²) in [6.07, 6.45) is 1.91. The van der Waals surface area contributed by atoms with Gasteiger partial charge in [0.2, 0.25) is 0 Å². The lowest BCUT2D eigenvalue weighted by atomic mass is 9.96. The van der Waals surface area contributed by atoms with Gasteiger partial charge in [-0.3, -0.25) is 4.79 Å². The van der Waals surface area contributed by atoms with Crippen LogP contribution in [0.25, 0.3) is 0 Å². The van der Waals surface area contributed by atoms with E-state index in [1.54, 1.807) is 24.3 Å². The first-order chi connectivity index (χ1) is 7.17. The van der Waals surface area contributed by atoms with Gasteiger partial charge in [-0.25, -0.2) is 0 Å². The minimum absolute atomic E-state index is 0.121. The number of ether oxygens (including phenoxy) is 1. The third-order valence-electron chi connectivity index (χ3n) is 2.20. The van der Waals surface area contributed by atoms with Crippen LogP contribution in [-0.4, -0.2) is 18.2 Å². The summed E-state index contributed by atoms with van der Waals surface area (Å²) in [4.78, 5) is 11.1. The van der Waals surface area contributed by atoms with Gasteiger partial charge in [0.1, 0.15) is 5.75 Å². The highest BCUT2D eigenvalue weighted by atomic mass is 16.5. The molecule has 3 heteroatoms. The third-order valence-corrected chi connectivity index (χ3v) is 2.20. The Labute approximate surface area is 89.0 Å². The number of rotatable bonds is 4. The van der Waals surface area contributed by atoms with Gasteiger partial charge in [-0.05, 0) is 17.7 Å². The van der Waals surface area contributed by atoms with Gasteiger partial charge >= 0.3 is 5.97 Å². The van der Waals surface area contributed by atoms with Gasteiger partial charge < -0.3 is 9.84 Å². The molecule has 1 atom stereocenters. The Hall–Kier alpha value is -1.77. The van der Waals surface area contributed by atoms with Crippen molar-refractivity contribution in [3.8, 4) is 5.75 Å². The van der Waals surface area contributed by atoms with Crippen LogP contribution in [0.15, 0.2) is 36.9 Å². The maximum Gasteiger partial charge on any atom is 0.306 e. The molecule has 1 rings (SSSR count). The van der Waals surface area contributed by atoms with Crippen molar-refractivity contribution >= 4 is 5.97 Å². The lowest BCUT2D eigenvalue weighted by molar-refractivity contribution is -0.140. The highest BCUT2D eigenvalue weighted by Gasteiger charge is 2.13. The standard InChI is InChI=1S/C12H14O3/c1-3-9(8-12(14)15-2)10-5-4-6-11(13)7-10/h3-7,9,13H,1,8H2,2H3/t9-/m1/s1. The van der Waals surface area contributed by atoms with E-state index in [1.165, 1.54) is 7.11 Å². The molecule has 0 amide bonds. The second-order valence-electron chi connectivity index (χ2n) is 3.22. The molecule has 1 N–H and O–H groups in total. The predicted molar refractivity (Wildman–Crippen MR) is 57.7 cm³/mol. The van der Waals surface area contributed by atoms with E-state index in [4.69, 9.17) is 0 Å². The number of carbonyl (C=O) groups is 1. The van der Waals surface area contributed by atoms with Crippen molar-refractivity contribution in [2.45, 2.75) is 12.3 Å². The molecule has 0 spiro atoms. The zero-order valence-corrected chi connectivity index (χ0v) is 8.64. The number of allylic oxidation sites excluding steroid dienone is 1. The molecule has 0 saturated carbocycles. The first-order valence-corrected chi connectivity index (χ1v) is 4.65. The molecule has 15 heavy (non-hydrogen) atoms. The van der Waals surface area contributed by atoms with Crippen molar-refractivity contribution in [3.05, 3.63) is 42.5 Å². The van der Waals surface area contributed by atoms with E-state index in [1.807, 2.05) is 6.07 Å². The minimum Gasteiger partial charge on any atom is -0.508 e.